The SMILES string of the molecule is COC(=O)c1ccc2c(c1)nc1n2CC[C@H]2[C@@H]1[C@H](c1cccc(Cl)c1F)[C@]1(C(=O)Nc3cc(Cl)ccc31)N2CC12CC(C#N)(C1)C2. The molecule has 4 aromatic rings. The van der Waals surface area contributed by atoms with E-state index >= 15 is 4.39 Å². The van der Waals surface area contributed by atoms with E-state index in [1.54, 1.807) is 36.4 Å². The van der Waals surface area contributed by atoms with Crippen LogP contribution in [0, 0.1) is 28.0 Å². The predicted octanol–water partition coefficient (Wildman–Crippen LogP) is 6.77. The smallest absolute Gasteiger partial charge is 0.337 e. The van der Waals surface area contributed by atoms with Crippen molar-refractivity contribution in [1.82, 2.24) is 14.5 Å². The summed E-state index contributed by atoms with van der Waals surface area (Å²) >= 11 is 12.9. The van der Waals surface area contributed by atoms with E-state index in [0.717, 1.165) is 36.2 Å². The van der Waals surface area contributed by atoms with Gasteiger partial charge in [-0.1, -0.05) is 41.4 Å². The first-order valence-corrected chi connectivity index (χ1v) is 16.2. The number of nitriles is 1. The quantitative estimate of drug-likeness (QED) is 0.244. The molecule has 4 heterocycles. The van der Waals surface area contributed by atoms with Crippen molar-refractivity contribution in [1.29, 1.82) is 5.26 Å². The number of ether oxygens (including phenoxy) is 1. The number of aromatic nitrogens is 2. The van der Waals surface area contributed by atoms with Crippen LogP contribution in [0.15, 0.2) is 54.6 Å². The molecule has 3 saturated carbocycles. The molecule has 1 spiro atoms. The Kier molecular flexibility index (Phi) is 5.72. The number of nitrogens with one attached hydrogen (secondary N) is 1. The molecule has 4 atom stereocenters. The number of likely N-dealkylation sites (tertiary alicyclic amines) is 1. The Balaban J connectivity index is 1.30. The van der Waals surface area contributed by atoms with E-state index in [-0.39, 0.29) is 27.8 Å². The minimum Gasteiger partial charge on any atom is -0.465 e. The van der Waals surface area contributed by atoms with Crippen LogP contribution in [0.4, 0.5) is 10.1 Å². The zero-order valence-electron chi connectivity index (χ0n) is 24.8. The number of hydrogen-bond donors (Lipinski definition) is 1. The molecule has 1 aromatic heterocycles. The largest absolute Gasteiger partial charge is 0.465 e. The van der Waals surface area contributed by atoms with Crippen molar-refractivity contribution in [2.45, 2.75) is 55.6 Å². The van der Waals surface area contributed by atoms with Gasteiger partial charge < -0.3 is 14.6 Å². The van der Waals surface area contributed by atoms with Crippen LogP contribution in [-0.2, 0) is 21.6 Å². The molecule has 3 aliphatic heterocycles. The van der Waals surface area contributed by atoms with E-state index in [1.165, 1.54) is 13.2 Å². The van der Waals surface area contributed by atoms with Gasteiger partial charge in [0, 0.05) is 47.2 Å². The van der Waals surface area contributed by atoms with Gasteiger partial charge in [0.1, 0.15) is 17.2 Å². The number of halogens is 3. The second-order valence-electron chi connectivity index (χ2n) is 13.8. The fourth-order valence-corrected chi connectivity index (χ4v) is 10.2. The number of carbonyl (C=O) groups excluding carboxylic acids is 2. The number of anilines is 1. The summed E-state index contributed by atoms with van der Waals surface area (Å²) in [5, 5.41) is 13.4. The first-order valence-electron chi connectivity index (χ1n) is 15.5. The van der Waals surface area contributed by atoms with Gasteiger partial charge in [-0.3, -0.25) is 9.69 Å². The average Bonchev–Trinajstić information content (AvgIpc) is 3.62. The Bertz CT molecular complexity index is 2070. The van der Waals surface area contributed by atoms with E-state index in [2.05, 4.69) is 20.9 Å². The summed E-state index contributed by atoms with van der Waals surface area (Å²) in [6.07, 6.45) is 3.07. The lowest BCUT2D eigenvalue weighted by atomic mass is 9.35. The van der Waals surface area contributed by atoms with Crippen molar-refractivity contribution in [3.8, 4) is 6.07 Å². The number of nitrogens with zero attached hydrogens (tertiary/aromatic N) is 4. The van der Waals surface area contributed by atoms with Gasteiger partial charge in [0.05, 0.1) is 40.2 Å². The number of benzene rings is 3. The van der Waals surface area contributed by atoms with Crippen molar-refractivity contribution in [2.75, 3.05) is 19.0 Å². The molecule has 1 saturated heterocycles. The topological polar surface area (TPSA) is 100 Å². The highest BCUT2D eigenvalue weighted by Gasteiger charge is 2.74. The van der Waals surface area contributed by atoms with E-state index in [4.69, 9.17) is 32.9 Å². The van der Waals surface area contributed by atoms with Crippen LogP contribution in [0.2, 0.25) is 10.0 Å². The molecule has 8 nitrogen and oxygen atoms in total. The summed E-state index contributed by atoms with van der Waals surface area (Å²) in [6, 6.07) is 18.1. The van der Waals surface area contributed by atoms with Crippen LogP contribution < -0.4 is 5.32 Å². The molecule has 3 aliphatic carbocycles. The second-order valence-corrected chi connectivity index (χ2v) is 14.6. The van der Waals surface area contributed by atoms with Crippen molar-refractivity contribution in [3.05, 3.63) is 93.0 Å². The molecule has 11 heteroatoms. The highest BCUT2D eigenvalue weighted by molar-refractivity contribution is 6.31. The molecule has 3 aromatic carbocycles. The first-order chi connectivity index (χ1) is 22.1. The molecule has 10 rings (SSSR count). The van der Waals surface area contributed by atoms with Gasteiger partial charge in [0.15, 0.2) is 0 Å². The number of hydrogen-bond acceptors (Lipinski definition) is 6. The van der Waals surface area contributed by atoms with Crippen molar-refractivity contribution in [2.24, 2.45) is 10.8 Å². The lowest BCUT2D eigenvalue weighted by Crippen LogP contribution is -2.67. The van der Waals surface area contributed by atoms with Crippen molar-refractivity contribution >= 4 is 51.8 Å². The zero-order valence-corrected chi connectivity index (χ0v) is 26.3. The number of aryl methyl sites for hydroxylation is 1. The molecule has 6 aliphatic rings. The Morgan fingerprint density at radius 2 is 1.98 bits per heavy atom. The number of amides is 1. The van der Waals surface area contributed by atoms with Crippen LogP contribution in [0.5, 0.6) is 0 Å². The highest BCUT2D eigenvalue weighted by atomic mass is 35.5. The maximum absolute atomic E-state index is 16.4. The molecule has 0 unspecified atom stereocenters. The fraction of sp³-hybridized carbons (Fsp3) is 0.371. The van der Waals surface area contributed by atoms with Crippen LogP contribution in [0.1, 0.15) is 64.8 Å². The van der Waals surface area contributed by atoms with Crippen LogP contribution in [0.25, 0.3) is 11.0 Å². The van der Waals surface area contributed by atoms with Crippen LogP contribution >= 0.6 is 23.2 Å². The molecule has 2 bridgehead atoms. The minimum absolute atomic E-state index is 0.0141. The predicted molar refractivity (Wildman–Crippen MR) is 169 cm³/mol. The van der Waals surface area contributed by atoms with Crippen LogP contribution in [-0.4, -0.2) is 46.0 Å². The summed E-state index contributed by atoms with van der Waals surface area (Å²) in [4.78, 5) is 34.6. The summed E-state index contributed by atoms with van der Waals surface area (Å²) in [5.41, 5.74) is 1.94. The third kappa shape index (κ3) is 3.45. The molecular formula is C35H28Cl2FN5O3. The Morgan fingerprint density at radius 3 is 2.74 bits per heavy atom. The number of esters is 1. The minimum atomic E-state index is -1.29. The maximum atomic E-state index is 16.4. The number of imidazole rings is 1. The van der Waals surface area contributed by atoms with E-state index in [1.807, 2.05) is 12.1 Å². The molecule has 0 radical (unpaired) electrons. The zero-order chi connectivity index (χ0) is 31.7. The Labute approximate surface area is 274 Å². The fourth-order valence-electron chi connectivity index (χ4n) is 9.87. The number of methoxy groups -OCH3 is 1. The Morgan fingerprint density at radius 1 is 1.17 bits per heavy atom. The van der Waals surface area contributed by atoms with Gasteiger partial charge >= 0.3 is 5.97 Å². The van der Waals surface area contributed by atoms with Gasteiger partial charge in [0.2, 0.25) is 5.91 Å². The first kappa shape index (κ1) is 28.3. The summed E-state index contributed by atoms with van der Waals surface area (Å²) in [5.74, 6) is -1.62. The summed E-state index contributed by atoms with van der Waals surface area (Å²) < 4.78 is 23.5. The third-order valence-corrected chi connectivity index (χ3v) is 11.9. The van der Waals surface area contributed by atoms with Gasteiger partial charge in [-0.2, -0.15) is 5.26 Å². The molecule has 1 N–H and O–H groups in total. The number of fused-ring (bicyclic) bond motifs is 7. The summed E-state index contributed by atoms with van der Waals surface area (Å²) in [7, 11) is 1.34. The maximum Gasteiger partial charge on any atom is 0.337 e. The van der Waals surface area contributed by atoms with Gasteiger partial charge in [-0.05, 0) is 73.1 Å². The van der Waals surface area contributed by atoms with E-state index in [9.17, 15) is 14.9 Å². The average molecular weight is 657 g/mol. The van der Waals surface area contributed by atoms with Crippen molar-refractivity contribution in [3.63, 3.8) is 0 Å². The summed E-state index contributed by atoms with van der Waals surface area (Å²) in [6.45, 7) is 1.23. The lowest BCUT2D eigenvalue weighted by molar-refractivity contribution is -0.188. The van der Waals surface area contributed by atoms with Crippen molar-refractivity contribution < 1.29 is 18.7 Å². The molecule has 1 amide bonds. The lowest BCUT2D eigenvalue weighted by Gasteiger charge is -2.69. The molecule has 232 valence electrons. The van der Waals surface area contributed by atoms with E-state index < -0.39 is 29.2 Å². The number of rotatable bonds is 4. The van der Waals surface area contributed by atoms with Gasteiger partial charge in [-0.25, -0.2) is 14.2 Å². The number of carbonyl (C=O) groups is 2. The van der Waals surface area contributed by atoms with Gasteiger partial charge in [0.25, 0.3) is 0 Å². The molecule has 46 heavy (non-hydrogen) atoms. The van der Waals surface area contributed by atoms with Crippen LogP contribution in [0.3, 0.4) is 0 Å². The highest BCUT2D eigenvalue weighted by Crippen LogP contribution is 2.75. The second kappa shape index (κ2) is 9.31. The normalized spacial score (nSPS) is 31.8. The monoisotopic (exact) mass is 655 g/mol. The molecular weight excluding hydrogens is 628 g/mol. The molecule has 4 fully saturated rings. The standard InChI is InChI=1S/C35H28Cl2FN5O3/c1-46-31(44)18-5-8-25-24(11-18)40-30-27-26(9-10-42(25)30)43(17-34-13-33(14-34,15-34)16-39)35(28(27)20-3-2-4-22(37)29(20)38)21-7-6-19(36)12-23(21)41-32(35)45/h2-8,11-12,26-28H,9-10,13-15,17H2,1H3,(H,41,45)/t26-,27+,28-,33?,34?,35+/m0/s1. The Hall–Kier alpha value is -3.97. The third-order valence-electron chi connectivity index (χ3n) is 11.4. The van der Waals surface area contributed by atoms with Gasteiger partial charge in [-0.15, -0.1) is 0 Å². The van der Waals surface area contributed by atoms with E-state index in [0.29, 0.717) is 46.9 Å².